The van der Waals surface area contributed by atoms with Crippen molar-refractivity contribution in [2.75, 3.05) is 0 Å². The van der Waals surface area contributed by atoms with Crippen LogP contribution < -0.4 is 5.73 Å². The van der Waals surface area contributed by atoms with E-state index < -0.39 is 0 Å². The van der Waals surface area contributed by atoms with E-state index in [9.17, 15) is 0 Å². The Morgan fingerprint density at radius 3 is 3.20 bits per heavy atom. The van der Waals surface area contributed by atoms with Gasteiger partial charge in [-0.3, -0.25) is 0 Å². The standard InChI is InChI=1S/C6H8N4/c7-1-3-10-4-2-9-6(10)5-8/h2,4H,3,5,8H2. The summed E-state index contributed by atoms with van der Waals surface area (Å²) in [4.78, 5) is 3.94. The molecule has 52 valence electrons. The maximum atomic E-state index is 8.32. The Labute approximate surface area is 58.9 Å². The van der Waals surface area contributed by atoms with Crippen molar-refractivity contribution >= 4 is 0 Å². The van der Waals surface area contributed by atoms with E-state index in [-0.39, 0.29) is 0 Å². The molecular weight excluding hydrogens is 128 g/mol. The molecule has 0 aliphatic rings. The molecule has 4 heteroatoms. The highest BCUT2D eigenvalue weighted by Crippen LogP contribution is 1.93. The Hall–Kier alpha value is -1.34. The molecule has 0 aliphatic heterocycles. The number of aromatic nitrogens is 2. The van der Waals surface area contributed by atoms with Crippen LogP contribution in [0.5, 0.6) is 0 Å². The van der Waals surface area contributed by atoms with Gasteiger partial charge in [0.15, 0.2) is 0 Å². The minimum absolute atomic E-state index is 0.326. The summed E-state index contributed by atoms with van der Waals surface area (Å²) in [7, 11) is 0. The number of rotatable bonds is 2. The van der Waals surface area contributed by atoms with Crippen molar-refractivity contribution in [1.29, 1.82) is 5.26 Å². The zero-order valence-corrected chi connectivity index (χ0v) is 5.49. The second-order valence-electron chi connectivity index (χ2n) is 1.83. The number of nitrogens with two attached hydrogens (primary N) is 1. The van der Waals surface area contributed by atoms with Crippen LogP contribution in [0.1, 0.15) is 5.82 Å². The third-order valence-corrected chi connectivity index (χ3v) is 1.23. The fraction of sp³-hybridized carbons (Fsp3) is 0.333. The molecule has 0 aromatic carbocycles. The molecule has 1 heterocycles. The monoisotopic (exact) mass is 136 g/mol. The fourth-order valence-electron chi connectivity index (χ4n) is 0.750. The van der Waals surface area contributed by atoms with Crippen LogP contribution in [0.4, 0.5) is 0 Å². The summed E-state index contributed by atoms with van der Waals surface area (Å²) in [6.45, 7) is 0.710. The Morgan fingerprint density at radius 2 is 2.60 bits per heavy atom. The minimum Gasteiger partial charge on any atom is -0.324 e. The minimum atomic E-state index is 0.326. The predicted octanol–water partition coefficient (Wildman–Crippen LogP) is -0.135. The highest BCUT2D eigenvalue weighted by molar-refractivity contribution is 4.93. The fourth-order valence-corrected chi connectivity index (χ4v) is 0.750. The maximum Gasteiger partial charge on any atom is 0.123 e. The quantitative estimate of drug-likeness (QED) is 0.615. The van der Waals surface area contributed by atoms with Crippen LogP contribution >= 0.6 is 0 Å². The van der Waals surface area contributed by atoms with E-state index in [0.29, 0.717) is 13.1 Å². The van der Waals surface area contributed by atoms with E-state index in [1.54, 1.807) is 17.0 Å². The van der Waals surface area contributed by atoms with Gasteiger partial charge in [0.25, 0.3) is 0 Å². The van der Waals surface area contributed by atoms with Gasteiger partial charge < -0.3 is 10.3 Å². The maximum absolute atomic E-state index is 8.32. The topological polar surface area (TPSA) is 67.6 Å². The van der Waals surface area contributed by atoms with Gasteiger partial charge in [-0.2, -0.15) is 5.26 Å². The lowest BCUT2D eigenvalue weighted by Gasteiger charge is -1.97. The molecule has 0 amide bonds. The lowest BCUT2D eigenvalue weighted by atomic mass is 10.6. The normalized spacial score (nSPS) is 9.20. The molecule has 0 spiro atoms. The smallest absolute Gasteiger partial charge is 0.123 e. The van der Waals surface area contributed by atoms with Crippen LogP contribution in [0.3, 0.4) is 0 Å². The zero-order chi connectivity index (χ0) is 7.40. The summed E-state index contributed by atoms with van der Waals surface area (Å²) in [5.74, 6) is 0.751. The van der Waals surface area contributed by atoms with Crippen molar-refractivity contribution in [2.24, 2.45) is 5.73 Å². The van der Waals surface area contributed by atoms with Gasteiger partial charge in [-0.05, 0) is 0 Å². The molecule has 1 rings (SSSR count). The van der Waals surface area contributed by atoms with Crippen molar-refractivity contribution in [2.45, 2.75) is 13.1 Å². The first-order chi connectivity index (χ1) is 4.88. The van der Waals surface area contributed by atoms with Gasteiger partial charge in [-0.15, -0.1) is 0 Å². The van der Waals surface area contributed by atoms with Gasteiger partial charge in [0.05, 0.1) is 12.6 Å². The lowest BCUT2D eigenvalue weighted by molar-refractivity contribution is 0.745. The molecule has 0 fully saturated rings. The number of nitrogens with zero attached hydrogens (tertiary/aromatic N) is 3. The van der Waals surface area contributed by atoms with Crippen molar-refractivity contribution < 1.29 is 0 Å². The van der Waals surface area contributed by atoms with E-state index >= 15 is 0 Å². The first-order valence-electron chi connectivity index (χ1n) is 2.95. The third kappa shape index (κ3) is 1.14. The molecule has 1 aromatic rings. The van der Waals surface area contributed by atoms with E-state index in [2.05, 4.69) is 4.98 Å². The van der Waals surface area contributed by atoms with Crippen molar-refractivity contribution in [3.63, 3.8) is 0 Å². The molecule has 1 aromatic heterocycles. The number of imidazole rings is 1. The average molecular weight is 136 g/mol. The van der Waals surface area contributed by atoms with Gasteiger partial charge in [0, 0.05) is 12.4 Å². The summed E-state index contributed by atoms with van der Waals surface area (Å²) < 4.78 is 1.72. The van der Waals surface area contributed by atoms with E-state index in [4.69, 9.17) is 11.0 Å². The molecule has 0 unspecified atom stereocenters. The Bertz CT molecular complexity index is 244. The summed E-state index contributed by atoms with van der Waals surface area (Å²) in [5.41, 5.74) is 5.33. The number of hydrogen-bond acceptors (Lipinski definition) is 3. The Balaban J connectivity index is 2.82. The van der Waals surface area contributed by atoms with Crippen LogP contribution in [0.15, 0.2) is 12.4 Å². The first kappa shape index (κ1) is 6.78. The van der Waals surface area contributed by atoms with Crippen LogP contribution in [0.2, 0.25) is 0 Å². The molecule has 0 atom stereocenters. The van der Waals surface area contributed by atoms with Crippen molar-refractivity contribution in [3.8, 4) is 6.07 Å². The Morgan fingerprint density at radius 1 is 1.80 bits per heavy atom. The van der Waals surface area contributed by atoms with E-state index in [1.807, 2.05) is 6.07 Å². The molecule has 10 heavy (non-hydrogen) atoms. The summed E-state index contributed by atoms with van der Waals surface area (Å²) in [6.07, 6.45) is 3.38. The van der Waals surface area contributed by atoms with E-state index in [0.717, 1.165) is 5.82 Å². The predicted molar refractivity (Wildman–Crippen MR) is 35.7 cm³/mol. The average Bonchev–Trinajstić information content (AvgIpc) is 2.36. The van der Waals surface area contributed by atoms with Crippen molar-refractivity contribution in [1.82, 2.24) is 9.55 Å². The number of hydrogen-bond donors (Lipinski definition) is 1. The molecule has 0 radical (unpaired) electrons. The lowest BCUT2D eigenvalue weighted by Crippen LogP contribution is -2.06. The molecule has 0 saturated carbocycles. The third-order valence-electron chi connectivity index (χ3n) is 1.23. The van der Waals surface area contributed by atoms with Crippen LogP contribution in [0.25, 0.3) is 0 Å². The van der Waals surface area contributed by atoms with Gasteiger partial charge in [-0.25, -0.2) is 4.98 Å². The Kier molecular flexibility index (Phi) is 2.03. The molecule has 4 nitrogen and oxygen atoms in total. The van der Waals surface area contributed by atoms with E-state index in [1.165, 1.54) is 0 Å². The second kappa shape index (κ2) is 2.99. The molecule has 0 saturated heterocycles. The second-order valence-corrected chi connectivity index (χ2v) is 1.83. The summed E-state index contributed by atoms with van der Waals surface area (Å²) in [6, 6.07) is 2.01. The highest BCUT2D eigenvalue weighted by Gasteiger charge is 1.96. The zero-order valence-electron chi connectivity index (χ0n) is 5.49. The van der Waals surface area contributed by atoms with Crippen LogP contribution in [0, 0.1) is 11.3 Å². The molecular formula is C6H8N4. The van der Waals surface area contributed by atoms with Crippen molar-refractivity contribution in [3.05, 3.63) is 18.2 Å². The summed E-state index contributed by atoms with van der Waals surface area (Å²) in [5, 5.41) is 8.32. The summed E-state index contributed by atoms with van der Waals surface area (Å²) >= 11 is 0. The first-order valence-corrected chi connectivity index (χ1v) is 2.95. The van der Waals surface area contributed by atoms with Gasteiger partial charge in [0.2, 0.25) is 0 Å². The SMILES string of the molecule is N#CCn1ccnc1CN. The van der Waals surface area contributed by atoms with Crippen LogP contribution in [-0.4, -0.2) is 9.55 Å². The molecule has 0 bridgehead atoms. The van der Waals surface area contributed by atoms with Gasteiger partial charge >= 0.3 is 0 Å². The number of nitriles is 1. The molecule has 0 aliphatic carbocycles. The molecule has 2 N–H and O–H groups in total. The largest absolute Gasteiger partial charge is 0.324 e. The van der Waals surface area contributed by atoms with Gasteiger partial charge in [-0.1, -0.05) is 0 Å². The van der Waals surface area contributed by atoms with Crippen LogP contribution in [-0.2, 0) is 13.1 Å². The van der Waals surface area contributed by atoms with Gasteiger partial charge in [0.1, 0.15) is 12.4 Å². The highest BCUT2D eigenvalue weighted by atomic mass is 15.1.